The summed E-state index contributed by atoms with van der Waals surface area (Å²) in [5.41, 5.74) is 1.29. The molecule has 0 spiro atoms. The van der Waals surface area contributed by atoms with Gasteiger partial charge in [0, 0.05) is 30.9 Å². The average molecular weight is 261 g/mol. The summed E-state index contributed by atoms with van der Waals surface area (Å²) in [4.78, 5) is 23.2. The molecule has 1 aliphatic rings. The number of Topliss-reactive ketones (excluding diaryl/α,β-unsaturated/α-hetero) is 1. The van der Waals surface area contributed by atoms with E-state index in [2.05, 4.69) is 5.32 Å². The second kappa shape index (κ2) is 6.48. The largest absolute Gasteiger partial charge is 0.381 e. The van der Waals surface area contributed by atoms with E-state index < -0.39 is 0 Å². The molecular weight excluding hydrogens is 242 g/mol. The fourth-order valence-corrected chi connectivity index (χ4v) is 2.26. The van der Waals surface area contributed by atoms with E-state index in [-0.39, 0.29) is 11.7 Å². The van der Waals surface area contributed by atoms with Crippen LogP contribution in [0.4, 0.5) is 5.69 Å². The van der Waals surface area contributed by atoms with Crippen LogP contribution in [-0.2, 0) is 9.53 Å². The second-order valence-corrected chi connectivity index (χ2v) is 4.97. The third-order valence-corrected chi connectivity index (χ3v) is 3.28. The van der Waals surface area contributed by atoms with E-state index in [4.69, 9.17) is 4.74 Å². The first kappa shape index (κ1) is 13.7. The minimum absolute atomic E-state index is 0.00298. The molecule has 1 amide bonds. The Balaban J connectivity index is 1.90. The van der Waals surface area contributed by atoms with Crippen molar-refractivity contribution in [3.63, 3.8) is 0 Å². The maximum atomic E-state index is 11.9. The molecule has 1 atom stereocenters. The molecule has 0 aromatic heterocycles. The summed E-state index contributed by atoms with van der Waals surface area (Å²) in [7, 11) is 0. The van der Waals surface area contributed by atoms with Gasteiger partial charge in [0.1, 0.15) is 0 Å². The molecule has 0 bridgehead atoms. The van der Waals surface area contributed by atoms with Crippen molar-refractivity contribution in [2.24, 2.45) is 5.92 Å². The highest BCUT2D eigenvalue weighted by Gasteiger charge is 2.17. The van der Waals surface area contributed by atoms with E-state index in [0.29, 0.717) is 30.2 Å². The first-order chi connectivity index (χ1) is 9.15. The van der Waals surface area contributed by atoms with Gasteiger partial charge in [-0.05, 0) is 37.8 Å². The Labute approximate surface area is 113 Å². The van der Waals surface area contributed by atoms with Gasteiger partial charge in [-0.2, -0.15) is 0 Å². The van der Waals surface area contributed by atoms with Gasteiger partial charge in [0.05, 0.1) is 0 Å². The summed E-state index contributed by atoms with van der Waals surface area (Å²) in [5, 5.41) is 2.84. The van der Waals surface area contributed by atoms with Crippen molar-refractivity contribution >= 4 is 17.4 Å². The molecular formula is C15H19NO3. The molecule has 1 N–H and O–H groups in total. The van der Waals surface area contributed by atoms with Crippen molar-refractivity contribution in [2.45, 2.75) is 26.2 Å². The van der Waals surface area contributed by atoms with Gasteiger partial charge in [0.25, 0.3) is 0 Å². The number of ether oxygens (including phenoxy) is 1. The van der Waals surface area contributed by atoms with Crippen molar-refractivity contribution in [1.29, 1.82) is 0 Å². The van der Waals surface area contributed by atoms with Crippen molar-refractivity contribution in [1.82, 2.24) is 0 Å². The number of anilines is 1. The highest BCUT2D eigenvalue weighted by atomic mass is 16.5. The molecule has 4 heteroatoms. The number of rotatable bonds is 4. The van der Waals surface area contributed by atoms with Gasteiger partial charge in [-0.3, -0.25) is 9.59 Å². The first-order valence-corrected chi connectivity index (χ1v) is 6.64. The Hall–Kier alpha value is -1.68. The summed E-state index contributed by atoms with van der Waals surface area (Å²) in [6.45, 7) is 2.99. The zero-order valence-electron chi connectivity index (χ0n) is 11.1. The van der Waals surface area contributed by atoms with Crippen LogP contribution in [0.2, 0.25) is 0 Å². The van der Waals surface area contributed by atoms with Crippen LogP contribution in [0.3, 0.4) is 0 Å². The van der Waals surface area contributed by atoms with Gasteiger partial charge in [-0.25, -0.2) is 0 Å². The summed E-state index contributed by atoms with van der Waals surface area (Å²) in [5.74, 6) is 0.290. The van der Waals surface area contributed by atoms with E-state index in [1.165, 1.54) is 6.92 Å². The van der Waals surface area contributed by atoms with E-state index in [1.54, 1.807) is 24.3 Å². The zero-order valence-corrected chi connectivity index (χ0v) is 11.1. The lowest BCUT2D eigenvalue weighted by Gasteiger charge is -2.21. The molecule has 2 rings (SSSR count). The Morgan fingerprint density at radius 2 is 2.26 bits per heavy atom. The van der Waals surface area contributed by atoms with Crippen LogP contribution in [0.25, 0.3) is 0 Å². The van der Waals surface area contributed by atoms with E-state index in [1.807, 2.05) is 0 Å². The van der Waals surface area contributed by atoms with Crippen LogP contribution in [0.15, 0.2) is 24.3 Å². The number of nitrogens with one attached hydrogen (secondary N) is 1. The van der Waals surface area contributed by atoms with Crippen LogP contribution in [0, 0.1) is 5.92 Å². The second-order valence-electron chi connectivity index (χ2n) is 4.97. The number of amides is 1. The third-order valence-electron chi connectivity index (χ3n) is 3.28. The number of ketones is 1. The smallest absolute Gasteiger partial charge is 0.224 e. The molecule has 0 aliphatic carbocycles. The topological polar surface area (TPSA) is 55.4 Å². The maximum Gasteiger partial charge on any atom is 0.224 e. The Morgan fingerprint density at radius 1 is 1.42 bits per heavy atom. The molecule has 0 saturated carbocycles. The highest BCUT2D eigenvalue weighted by Crippen LogP contribution is 2.18. The lowest BCUT2D eigenvalue weighted by Crippen LogP contribution is -2.23. The number of carbonyl (C=O) groups excluding carboxylic acids is 2. The molecule has 1 saturated heterocycles. The SMILES string of the molecule is CC(=O)c1cccc(NC(=O)CC2CCCOC2)c1. The van der Waals surface area contributed by atoms with Crippen LogP contribution in [0.5, 0.6) is 0 Å². The molecule has 102 valence electrons. The van der Waals surface area contributed by atoms with Crippen LogP contribution in [-0.4, -0.2) is 24.9 Å². The van der Waals surface area contributed by atoms with Gasteiger partial charge < -0.3 is 10.1 Å². The minimum Gasteiger partial charge on any atom is -0.381 e. The summed E-state index contributed by atoms with van der Waals surface area (Å²) >= 11 is 0. The lowest BCUT2D eigenvalue weighted by atomic mass is 9.98. The standard InChI is InChI=1S/C15H19NO3/c1-11(17)13-5-2-6-14(9-13)16-15(18)8-12-4-3-7-19-10-12/h2,5-6,9,12H,3-4,7-8,10H2,1H3,(H,16,18). The summed E-state index contributed by atoms with van der Waals surface area (Å²) in [6.07, 6.45) is 2.54. The molecule has 4 nitrogen and oxygen atoms in total. The number of benzene rings is 1. The normalized spacial score (nSPS) is 18.9. The molecule has 19 heavy (non-hydrogen) atoms. The zero-order chi connectivity index (χ0) is 13.7. The molecule has 1 heterocycles. The van der Waals surface area contributed by atoms with Gasteiger partial charge in [-0.15, -0.1) is 0 Å². The molecule has 1 unspecified atom stereocenters. The van der Waals surface area contributed by atoms with Gasteiger partial charge in [0.15, 0.2) is 5.78 Å². The van der Waals surface area contributed by atoms with Crippen LogP contribution >= 0.6 is 0 Å². The molecule has 1 aromatic rings. The summed E-state index contributed by atoms with van der Waals surface area (Å²) in [6, 6.07) is 7.02. The van der Waals surface area contributed by atoms with Crippen molar-refractivity contribution in [3.8, 4) is 0 Å². The van der Waals surface area contributed by atoms with Gasteiger partial charge in [0.2, 0.25) is 5.91 Å². The predicted octanol–water partition coefficient (Wildman–Crippen LogP) is 2.64. The van der Waals surface area contributed by atoms with Gasteiger partial charge >= 0.3 is 0 Å². The maximum absolute atomic E-state index is 11.9. The summed E-state index contributed by atoms with van der Waals surface area (Å²) < 4.78 is 5.36. The van der Waals surface area contributed by atoms with Crippen LogP contribution < -0.4 is 5.32 Å². The van der Waals surface area contributed by atoms with Crippen molar-refractivity contribution < 1.29 is 14.3 Å². The fourth-order valence-electron chi connectivity index (χ4n) is 2.26. The first-order valence-electron chi connectivity index (χ1n) is 6.64. The molecule has 1 aliphatic heterocycles. The van der Waals surface area contributed by atoms with Crippen molar-refractivity contribution in [2.75, 3.05) is 18.5 Å². The quantitative estimate of drug-likeness (QED) is 0.848. The Morgan fingerprint density at radius 3 is 2.95 bits per heavy atom. The number of hydrogen-bond donors (Lipinski definition) is 1. The van der Waals surface area contributed by atoms with E-state index >= 15 is 0 Å². The number of carbonyl (C=O) groups is 2. The molecule has 1 fully saturated rings. The lowest BCUT2D eigenvalue weighted by molar-refractivity contribution is -0.118. The van der Waals surface area contributed by atoms with Gasteiger partial charge in [-0.1, -0.05) is 12.1 Å². The Bertz CT molecular complexity index is 464. The van der Waals surface area contributed by atoms with Crippen molar-refractivity contribution in [3.05, 3.63) is 29.8 Å². The highest BCUT2D eigenvalue weighted by molar-refractivity contribution is 5.97. The predicted molar refractivity (Wildman–Crippen MR) is 73.2 cm³/mol. The van der Waals surface area contributed by atoms with E-state index in [0.717, 1.165) is 19.4 Å². The third kappa shape index (κ3) is 4.17. The monoisotopic (exact) mass is 261 g/mol. The minimum atomic E-state index is -0.0174. The molecule has 1 aromatic carbocycles. The average Bonchev–Trinajstić information content (AvgIpc) is 2.40. The van der Waals surface area contributed by atoms with E-state index in [9.17, 15) is 9.59 Å². The Kier molecular flexibility index (Phi) is 4.68. The molecule has 0 radical (unpaired) electrons. The fraction of sp³-hybridized carbons (Fsp3) is 0.467. The van der Waals surface area contributed by atoms with Crippen LogP contribution in [0.1, 0.15) is 36.5 Å². The number of hydrogen-bond acceptors (Lipinski definition) is 3.